The van der Waals surface area contributed by atoms with E-state index < -0.39 is 0 Å². The molecule has 2 atom stereocenters. The van der Waals surface area contributed by atoms with Gasteiger partial charge >= 0.3 is 6.09 Å². The summed E-state index contributed by atoms with van der Waals surface area (Å²) in [6, 6.07) is 4.43. The van der Waals surface area contributed by atoms with Gasteiger partial charge in [-0.15, -0.1) is 11.3 Å². The van der Waals surface area contributed by atoms with Crippen LogP contribution in [0.15, 0.2) is 15.9 Å². The van der Waals surface area contributed by atoms with Crippen molar-refractivity contribution in [2.24, 2.45) is 5.73 Å². The summed E-state index contributed by atoms with van der Waals surface area (Å²) >= 11 is 5.23. The number of piperazine rings is 1. The monoisotopic (exact) mass is 375 g/mol. The Bertz CT molecular complexity index is 473. The van der Waals surface area contributed by atoms with E-state index in [4.69, 9.17) is 10.5 Å². The van der Waals surface area contributed by atoms with Crippen LogP contribution in [0.3, 0.4) is 0 Å². The number of nitrogens with two attached hydrogens (primary N) is 1. The first-order valence-corrected chi connectivity index (χ1v) is 8.80. The van der Waals surface area contributed by atoms with Gasteiger partial charge in [-0.2, -0.15) is 0 Å². The lowest BCUT2D eigenvalue weighted by Crippen LogP contribution is -2.52. The Morgan fingerprint density at radius 3 is 2.57 bits per heavy atom. The molecule has 1 aromatic rings. The maximum Gasteiger partial charge on any atom is 0.409 e. The topological polar surface area (TPSA) is 58.8 Å². The molecule has 21 heavy (non-hydrogen) atoms. The third-order valence-corrected chi connectivity index (χ3v) is 5.31. The van der Waals surface area contributed by atoms with Crippen molar-refractivity contribution in [3.05, 3.63) is 20.8 Å². The number of hydrogen-bond acceptors (Lipinski definition) is 5. The van der Waals surface area contributed by atoms with E-state index in [1.807, 2.05) is 13.8 Å². The van der Waals surface area contributed by atoms with Gasteiger partial charge in [-0.3, -0.25) is 4.90 Å². The first kappa shape index (κ1) is 16.7. The van der Waals surface area contributed by atoms with E-state index in [-0.39, 0.29) is 18.2 Å². The van der Waals surface area contributed by atoms with Gasteiger partial charge in [0.1, 0.15) is 0 Å². The fourth-order valence-electron chi connectivity index (χ4n) is 2.66. The van der Waals surface area contributed by atoms with Crippen molar-refractivity contribution in [2.75, 3.05) is 32.8 Å². The number of halogens is 1. The van der Waals surface area contributed by atoms with Gasteiger partial charge in [0.2, 0.25) is 0 Å². The van der Waals surface area contributed by atoms with Gasteiger partial charge in [-0.25, -0.2) is 4.79 Å². The standard InChI is InChI=1S/C14H22BrN3O2S/c1-3-20-14(19)18-8-6-17(7-9-18)13(10(2)16)11-4-5-12(15)21-11/h4-5,10,13H,3,6-9,16H2,1-2H3. The Hall–Kier alpha value is -0.630. The van der Waals surface area contributed by atoms with Gasteiger partial charge < -0.3 is 15.4 Å². The molecule has 0 saturated carbocycles. The van der Waals surface area contributed by atoms with Gasteiger partial charge in [0.05, 0.1) is 16.4 Å². The second-order valence-corrected chi connectivity index (χ2v) is 7.66. The lowest BCUT2D eigenvalue weighted by atomic mass is 10.1. The van der Waals surface area contributed by atoms with Crippen molar-refractivity contribution >= 4 is 33.4 Å². The van der Waals surface area contributed by atoms with Crippen LogP contribution in [0.4, 0.5) is 4.79 Å². The van der Waals surface area contributed by atoms with E-state index >= 15 is 0 Å². The summed E-state index contributed by atoms with van der Waals surface area (Å²) in [6.07, 6.45) is -0.214. The summed E-state index contributed by atoms with van der Waals surface area (Å²) in [5, 5.41) is 0. The Balaban J connectivity index is 2.00. The molecule has 0 aromatic carbocycles. The van der Waals surface area contributed by atoms with E-state index in [1.165, 1.54) is 4.88 Å². The molecule has 0 bridgehead atoms. The molecule has 0 spiro atoms. The quantitative estimate of drug-likeness (QED) is 0.878. The van der Waals surface area contributed by atoms with Gasteiger partial charge in [-0.1, -0.05) is 0 Å². The summed E-state index contributed by atoms with van der Waals surface area (Å²) in [6.45, 7) is 7.31. The molecule has 0 aliphatic carbocycles. The highest BCUT2D eigenvalue weighted by molar-refractivity contribution is 9.11. The zero-order chi connectivity index (χ0) is 15.4. The summed E-state index contributed by atoms with van der Waals surface area (Å²) in [4.78, 5) is 17.1. The number of amides is 1. The predicted octanol–water partition coefficient (Wildman–Crippen LogP) is 2.67. The zero-order valence-electron chi connectivity index (χ0n) is 12.4. The van der Waals surface area contributed by atoms with E-state index in [1.54, 1.807) is 16.2 Å². The van der Waals surface area contributed by atoms with Gasteiger partial charge in [0.25, 0.3) is 0 Å². The lowest BCUT2D eigenvalue weighted by Gasteiger charge is -2.40. The van der Waals surface area contributed by atoms with Crippen molar-refractivity contribution in [1.29, 1.82) is 0 Å². The first-order valence-electron chi connectivity index (χ1n) is 7.19. The van der Waals surface area contributed by atoms with Crippen LogP contribution in [0.2, 0.25) is 0 Å². The molecule has 1 amide bonds. The highest BCUT2D eigenvalue weighted by Crippen LogP contribution is 2.33. The number of carbonyl (C=O) groups is 1. The van der Waals surface area contributed by atoms with E-state index in [0.717, 1.165) is 16.9 Å². The Kier molecular flexibility index (Phi) is 6.04. The van der Waals surface area contributed by atoms with Gasteiger partial charge in [-0.05, 0) is 41.9 Å². The van der Waals surface area contributed by atoms with E-state index in [9.17, 15) is 4.79 Å². The highest BCUT2D eigenvalue weighted by Gasteiger charge is 2.30. The fourth-order valence-corrected chi connectivity index (χ4v) is 4.33. The molecule has 5 nitrogen and oxygen atoms in total. The van der Waals surface area contributed by atoms with Gasteiger partial charge in [0, 0.05) is 37.1 Å². The molecule has 1 saturated heterocycles. The zero-order valence-corrected chi connectivity index (χ0v) is 14.8. The molecule has 1 fully saturated rings. The molecular formula is C14H22BrN3O2S. The van der Waals surface area contributed by atoms with Crippen molar-refractivity contribution in [2.45, 2.75) is 25.9 Å². The van der Waals surface area contributed by atoms with Crippen LogP contribution in [-0.2, 0) is 4.74 Å². The molecule has 1 aromatic heterocycles. The number of rotatable bonds is 4. The Morgan fingerprint density at radius 2 is 2.10 bits per heavy atom. The lowest BCUT2D eigenvalue weighted by molar-refractivity contribution is 0.0625. The summed E-state index contributed by atoms with van der Waals surface area (Å²) in [5.74, 6) is 0. The maximum atomic E-state index is 11.7. The summed E-state index contributed by atoms with van der Waals surface area (Å²) < 4.78 is 6.17. The van der Waals surface area contributed by atoms with Gasteiger partial charge in [0.15, 0.2) is 0 Å². The highest BCUT2D eigenvalue weighted by atomic mass is 79.9. The first-order chi connectivity index (χ1) is 10.0. The van der Waals surface area contributed by atoms with Crippen LogP contribution in [0.25, 0.3) is 0 Å². The molecule has 7 heteroatoms. The molecule has 2 N–H and O–H groups in total. The van der Waals surface area contributed by atoms with Crippen LogP contribution < -0.4 is 5.73 Å². The molecule has 1 aliphatic rings. The Morgan fingerprint density at radius 1 is 1.43 bits per heavy atom. The molecule has 1 aliphatic heterocycles. The summed E-state index contributed by atoms with van der Waals surface area (Å²) in [7, 11) is 0. The van der Waals surface area contributed by atoms with E-state index in [0.29, 0.717) is 19.7 Å². The molecule has 2 rings (SSSR count). The SMILES string of the molecule is CCOC(=O)N1CCN(C(c2ccc(Br)s2)C(C)N)CC1. The summed E-state index contributed by atoms with van der Waals surface area (Å²) in [5.41, 5.74) is 6.20. The molecule has 2 heterocycles. The number of nitrogens with zero attached hydrogens (tertiary/aromatic N) is 2. The predicted molar refractivity (Wildman–Crippen MR) is 88.6 cm³/mol. The second-order valence-electron chi connectivity index (χ2n) is 5.17. The van der Waals surface area contributed by atoms with Crippen LogP contribution in [-0.4, -0.2) is 54.7 Å². The minimum atomic E-state index is -0.214. The van der Waals surface area contributed by atoms with E-state index in [2.05, 4.69) is 33.0 Å². The van der Waals surface area contributed by atoms with Crippen LogP contribution in [0.1, 0.15) is 24.8 Å². The Labute approximate surface area is 138 Å². The third-order valence-electron chi connectivity index (χ3n) is 3.62. The van der Waals surface area contributed by atoms with Crippen molar-refractivity contribution in [1.82, 2.24) is 9.80 Å². The number of thiophene rings is 1. The number of hydrogen-bond donors (Lipinski definition) is 1. The minimum Gasteiger partial charge on any atom is -0.450 e. The molecule has 118 valence electrons. The van der Waals surface area contributed by atoms with Crippen LogP contribution >= 0.6 is 27.3 Å². The van der Waals surface area contributed by atoms with Crippen molar-refractivity contribution < 1.29 is 9.53 Å². The minimum absolute atomic E-state index is 0.0460. The van der Waals surface area contributed by atoms with Crippen molar-refractivity contribution in [3.8, 4) is 0 Å². The van der Waals surface area contributed by atoms with Crippen LogP contribution in [0, 0.1) is 0 Å². The average Bonchev–Trinajstić information content (AvgIpc) is 2.86. The molecular weight excluding hydrogens is 354 g/mol. The second kappa shape index (κ2) is 7.58. The smallest absolute Gasteiger partial charge is 0.409 e. The van der Waals surface area contributed by atoms with Crippen molar-refractivity contribution in [3.63, 3.8) is 0 Å². The average molecular weight is 376 g/mol. The fraction of sp³-hybridized carbons (Fsp3) is 0.643. The number of ether oxygens (including phenoxy) is 1. The third kappa shape index (κ3) is 4.18. The number of carbonyl (C=O) groups excluding carboxylic acids is 1. The molecule has 0 radical (unpaired) electrons. The molecule has 2 unspecified atom stereocenters. The largest absolute Gasteiger partial charge is 0.450 e. The maximum absolute atomic E-state index is 11.7. The van der Waals surface area contributed by atoms with Crippen LogP contribution in [0.5, 0.6) is 0 Å². The normalized spacial score (nSPS) is 19.3.